The second-order valence-corrected chi connectivity index (χ2v) is 3.85. The normalized spacial score (nSPS) is 10.5. The number of aromatic carboxylic acids is 1. The lowest BCUT2D eigenvalue weighted by Crippen LogP contribution is -2.22. The minimum atomic E-state index is -1.22. The highest BCUT2D eigenvalue weighted by atomic mass is 16.4. The van der Waals surface area contributed by atoms with E-state index in [4.69, 9.17) is 0 Å². The van der Waals surface area contributed by atoms with Gasteiger partial charge in [-0.1, -0.05) is 12.1 Å². The fraction of sp³-hybridized carbons (Fsp3) is 0. The van der Waals surface area contributed by atoms with Crippen LogP contribution in [0, 0.1) is 0 Å². The van der Waals surface area contributed by atoms with Gasteiger partial charge in [0, 0.05) is 5.69 Å². The van der Waals surface area contributed by atoms with Gasteiger partial charge in [-0.3, -0.25) is 5.10 Å². The van der Waals surface area contributed by atoms with E-state index in [-0.39, 0.29) is 5.56 Å². The summed E-state index contributed by atoms with van der Waals surface area (Å²) in [5, 5.41) is 21.2. The van der Waals surface area contributed by atoms with Crippen LogP contribution < -0.4 is 10.4 Å². The third-order valence-corrected chi connectivity index (χ3v) is 2.61. The molecule has 7 nitrogen and oxygen atoms in total. The zero-order chi connectivity index (χ0) is 13.2. The number of aromatic amines is 1. The van der Waals surface area contributed by atoms with Crippen molar-refractivity contribution in [3.63, 3.8) is 0 Å². The van der Waals surface area contributed by atoms with Crippen LogP contribution >= 0.6 is 0 Å². The number of rotatable bonds is 3. The van der Waals surface area contributed by atoms with Gasteiger partial charge in [0.05, 0.1) is 17.6 Å². The van der Waals surface area contributed by atoms with Gasteiger partial charge in [-0.2, -0.15) is 5.10 Å². The van der Waals surface area contributed by atoms with Gasteiger partial charge in [-0.25, -0.2) is 9.97 Å². The van der Waals surface area contributed by atoms with Gasteiger partial charge in [0.2, 0.25) is 0 Å². The van der Waals surface area contributed by atoms with Crippen molar-refractivity contribution in [3.05, 3.63) is 42.4 Å². The molecule has 0 bridgehead atoms. The van der Waals surface area contributed by atoms with Crippen molar-refractivity contribution in [2.24, 2.45) is 0 Å². The maximum Gasteiger partial charge on any atom is 0.160 e. The number of carboxylic acids is 1. The minimum Gasteiger partial charge on any atom is -0.545 e. The number of hydrogen-bond acceptors (Lipinski definition) is 6. The van der Waals surface area contributed by atoms with Crippen molar-refractivity contribution in [2.75, 3.05) is 5.32 Å². The van der Waals surface area contributed by atoms with Crippen LogP contribution in [0.1, 0.15) is 10.4 Å². The number of nitrogens with zero attached hydrogens (tertiary/aromatic N) is 3. The molecule has 0 aliphatic rings. The summed E-state index contributed by atoms with van der Waals surface area (Å²) in [4.78, 5) is 18.9. The number of H-pyrrole nitrogens is 1. The van der Waals surface area contributed by atoms with Gasteiger partial charge < -0.3 is 15.2 Å². The molecular weight excluding hydrogens is 246 g/mol. The van der Waals surface area contributed by atoms with Crippen molar-refractivity contribution < 1.29 is 9.90 Å². The molecule has 0 aliphatic carbocycles. The average molecular weight is 254 g/mol. The smallest absolute Gasteiger partial charge is 0.160 e. The molecule has 2 heterocycles. The number of carbonyl (C=O) groups is 1. The summed E-state index contributed by atoms with van der Waals surface area (Å²) in [6.07, 6.45) is 2.99. The van der Waals surface area contributed by atoms with E-state index in [1.54, 1.807) is 18.3 Å². The summed E-state index contributed by atoms with van der Waals surface area (Å²) in [6.45, 7) is 0. The molecule has 0 amide bonds. The first-order valence-corrected chi connectivity index (χ1v) is 5.46. The summed E-state index contributed by atoms with van der Waals surface area (Å²) in [5.74, 6) is -0.672. The molecule has 0 fully saturated rings. The Morgan fingerprint density at radius 3 is 3.05 bits per heavy atom. The number of fused-ring (bicyclic) bond motifs is 1. The largest absolute Gasteiger partial charge is 0.545 e. The Hall–Kier alpha value is -2.96. The van der Waals surface area contributed by atoms with E-state index in [9.17, 15) is 9.90 Å². The molecule has 0 spiro atoms. The van der Waals surface area contributed by atoms with Crippen LogP contribution in [0.15, 0.2) is 36.8 Å². The molecule has 3 rings (SSSR count). The summed E-state index contributed by atoms with van der Waals surface area (Å²) >= 11 is 0. The van der Waals surface area contributed by atoms with Crippen LogP contribution in [0.4, 0.5) is 11.5 Å². The van der Waals surface area contributed by atoms with Gasteiger partial charge in [-0.05, 0) is 17.7 Å². The van der Waals surface area contributed by atoms with Crippen LogP contribution in [0.3, 0.4) is 0 Å². The van der Waals surface area contributed by atoms with E-state index in [0.29, 0.717) is 17.2 Å². The lowest BCUT2D eigenvalue weighted by atomic mass is 10.2. The molecule has 7 heteroatoms. The summed E-state index contributed by atoms with van der Waals surface area (Å²) in [6, 6.07) is 6.30. The first kappa shape index (κ1) is 11.1. The Bertz CT molecular complexity index is 752. The van der Waals surface area contributed by atoms with E-state index in [1.165, 1.54) is 18.5 Å². The lowest BCUT2D eigenvalue weighted by Gasteiger charge is -2.08. The minimum absolute atomic E-state index is 0.0995. The SMILES string of the molecule is O=C([O-])c1cccc(Nc2ncnc3[nH]ncc23)c1. The highest BCUT2D eigenvalue weighted by Crippen LogP contribution is 2.21. The van der Waals surface area contributed by atoms with Gasteiger partial charge in [0.15, 0.2) is 5.65 Å². The van der Waals surface area contributed by atoms with E-state index in [0.717, 1.165) is 5.39 Å². The predicted molar refractivity (Wildman–Crippen MR) is 65.7 cm³/mol. The Labute approximate surface area is 107 Å². The quantitative estimate of drug-likeness (QED) is 0.703. The highest BCUT2D eigenvalue weighted by Gasteiger charge is 2.05. The van der Waals surface area contributed by atoms with Crippen LogP contribution in [-0.4, -0.2) is 26.1 Å². The second-order valence-electron chi connectivity index (χ2n) is 3.85. The van der Waals surface area contributed by atoms with Crippen molar-refractivity contribution >= 4 is 28.5 Å². The number of carboxylic acid groups (broad SMARTS) is 1. The van der Waals surface area contributed by atoms with Crippen molar-refractivity contribution in [1.29, 1.82) is 0 Å². The topological polar surface area (TPSA) is 107 Å². The zero-order valence-electron chi connectivity index (χ0n) is 9.62. The van der Waals surface area contributed by atoms with Crippen LogP contribution in [0.25, 0.3) is 11.0 Å². The molecule has 0 aliphatic heterocycles. The summed E-state index contributed by atoms with van der Waals surface area (Å²) in [5.41, 5.74) is 1.30. The summed E-state index contributed by atoms with van der Waals surface area (Å²) < 4.78 is 0. The van der Waals surface area contributed by atoms with Gasteiger partial charge >= 0.3 is 0 Å². The molecule has 0 radical (unpaired) electrons. The number of aromatic nitrogens is 4. The molecular formula is C12H8N5O2-. The van der Waals surface area contributed by atoms with E-state index < -0.39 is 5.97 Å². The van der Waals surface area contributed by atoms with Gasteiger partial charge in [0.25, 0.3) is 0 Å². The maximum atomic E-state index is 10.8. The third-order valence-electron chi connectivity index (χ3n) is 2.61. The molecule has 2 N–H and O–H groups in total. The van der Waals surface area contributed by atoms with Crippen LogP contribution in [-0.2, 0) is 0 Å². The van der Waals surface area contributed by atoms with Crippen molar-refractivity contribution in [3.8, 4) is 0 Å². The van der Waals surface area contributed by atoms with Crippen molar-refractivity contribution in [1.82, 2.24) is 20.2 Å². The Balaban J connectivity index is 1.99. The predicted octanol–water partition coefficient (Wildman–Crippen LogP) is 0.460. The fourth-order valence-corrected chi connectivity index (χ4v) is 1.73. The molecule has 1 aromatic carbocycles. The lowest BCUT2D eigenvalue weighted by molar-refractivity contribution is -0.255. The standard InChI is InChI=1S/C12H9N5O2/c18-12(19)7-2-1-3-8(4-7)16-10-9-5-15-17-11(9)14-6-13-10/h1-6H,(H,18,19)(H2,13,14,15,16,17)/p-1. The van der Waals surface area contributed by atoms with Crippen LogP contribution in [0.2, 0.25) is 0 Å². The highest BCUT2D eigenvalue weighted by molar-refractivity contribution is 5.90. The van der Waals surface area contributed by atoms with E-state index in [1.807, 2.05) is 0 Å². The Kier molecular flexibility index (Phi) is 2.57. The molecule has 0 saturated heterocycles. The molecule has 3 aromatic rings. The molecule has 2 aromatic heterocycles. The average Bonchev–Trinajstić information content (AvgIpc) is 2.88. The molecule has 0 atom stereocenters. The molecule has 0 saturated carbocycles. The van der Waals surface area contributed by atoms with Gasteiger partial charge in [0.1, 0.15) is 12.1 Å². The molecule has 94 valence electrons. The van der Waals surface area contributed by atoms with Crippen molar-refractivity contribution in [2.45, 2.75) is 0 Å². The number of nitrogens with one attached hydrogen (secondary N) is 2. The first-order chi connectivity index (χ1) is 9.24. The number of benzene rings is 1. The second kappa shape index (κ2) is 4.37. The Morgan fingerprint density at radius 2 is 2.21 bits per heavy atom. The molecule has 0 unspecified atom stereocenters. The van der Waals surface area contributed by atoms with E-state index >= 15 is 0 Å². The fourth-order valence-electron chi connectivity index (χ4n) is 1.73. The van der Waals surface area contributed by atoms with E-state index in [2.05, 4.69) is 25.5 Å². The third kappa shape index (κ3) is 2.08. The number of carbonyl (C=O) groups excluding carboxylic acids is 1. The summed E-state index contributed by atoms with van der Waals surface area (Å²) in [7, 11) is 0. The number of anilines is 2. The number of hydrogen-bond donors (Lipinski definition) is 2. The first-order valence-electron chi connectivity index (χ1n) is 5.46. The monoisotopic (exact) mass is 254 g/mol. The van der Waals surface area contributed by atoms with Gasteiger partial charge in [-0.15, -0.1) is 0 Å². The zero-order valence-corrected chi connectivity index (χ0v) is 9.62. The van der Waals surface area contributed by atoms with Crippen LogP contribution in [0.5, 0.6) is 0 Å². The maximum absolute atomic E-state index is 10.8. The Morgan fingerprint density at radius 1 is 1.32 bits per heavy atom. The molecule has 19 heavy (non-hydrogen) atoms.